The zero-order valence-corrected chi connectivity index (χ0v) is 8.23. The molecule has 7 nitrogen and oxygen atoms in total. The smallest absolute Gasteiger partial charge is 0.348 e. The van der Waals surface area contributed by atoms with Gasteiger partial charge in [0, 0.05) is 19.7 Å². The van der Waals surface area contributed by atoms with Crippen LogP contribution in [0.3, 0.4) is 0 Å². The van der Waals surface area contributed by atoms with E-state index in [1.54, 1.807) is 13.2 Å². The number of aromatic amines is 1. The normalized spacial score (nSPS) is 10.7. The van der Waals surface area contributed by atoms with E-state index in [-0.39, 0.29) is 5.69 Å². The molecule has 2 aromatic heterocycles. The standard InChI is InChI=1S/C8H11N5O2/c1-15-3-2-9-6-4-7-11-12-8(14)13(7)5-10-6/h4-5,9H,2-3H2,1H3,(H,12,14). The van der Waals surface area contributed by atoms with Gasteiger partial charge in [0.1, 0.15) is 12.1 Å². The van der Waals surface area contributed by atoms with Gasteiger partial charge in [-0.1, -0.05) is 0 Å². The minimum atomic E-state index is -0.291. The highest BCUT2D eigenvalue weighted by Crippen LogP contribution is 2.03. The first-order chi connectivity index (χ1) is 7.31. The summed E-state index contributed by atoms with van der Waals surface area (Å²) < 4.78 is 6.22. The maximum absolute atomic E-state index is 11.1. The Morgan fingerprint density at radius 3 is 3.33 bits per heavy atom. The van der Waals surface area contributed by atoms with Crippen molar-refractivity contribution in [3.63, 3.8) is 0 Å². The molecule has 0 aliphatic carbocycles. The topological polar surface area (TPSA) is 84.3 Å². The third-order valence-electron chi connectivity index (χ3n) is 1.92. The Morgan fingerprint density at radius 1 is 1.67 bits per heavy atom. The summed E-state index contributed by atoms with van der Waals surface area (Å²) in [5.74, 6) is 0.665. The quantitative estimate of drug-likeness (QED) is 0.662. The molecule has 2 N–H and O–H groups in total. The largest absolute Gasteiger partial charge is 0.383 e. The molecule has 0 aliphatic rings. The molecule has 0 spiro atoms. The van der Waals surface area contributed by atoms with E-state index < -0.39 is 0 Å². The van der Waals surface area contributed by atoms with Gasteiger partial charge in [-0.3, -0.25) is 0 Å². The fourth-order valence-electron chi connectivity index (χ4n) is 1.19. The zero-order chi connectivity index (χ0) is 10.7. The van der Waals surface area contributed by atoms with Crippen LogP contribution in [0.25, 0.3) is 5.65 Å². The maximum atomic E-state index is 11.1. The van der Waals surface area contributed by atoms with Gasteiger partial charge in [0.05, 0.1) is 6.61 Å². The minimum absolute atomic E-state index is 0.291. The SMILES string of the molecule is COCCNc1cc2n[nH]c(=O)n2cn1. The molecule has 2 rings (SSSR count). The molecule has 0 atom stereocenters. The van der Waals surface area contributed by atoms with Gasteiger partial charge in [0.2, 0.25) is 0 Å². The number of hydrogen-bond donors (Lipinski definition) is 2. The average Bonchev–Trinajstić information content (AvgIpc) is 2.61. The highest BCUT2D eigenvalue weighted by molar-refractivity contribution is 5.48. The molecule has 15 heavy (non-hydrogen) atoms. The third-order valence-corrected chi connectivity index (χ3v) is 1.92. The number of methoxy groups -OCH3 is 1. The second-order valence-electron chi connectivity index (χ2n) is 2.95. The molecule has 0 unspecified atom stereocenters. The van der Waals surface area contributed by atoms with Crippen LogP contribution >= 0.6 is 0 Å². The van der Waals surface area contributed by atoms with Gasteiger partial charge in [-0.2, -0.15) is 5.10 Å². The lowest BCUT2D eigenvalue weighted by molar-refractivity contribution is 0.210. The molecule has 0 aromatic carbocycles. The summed E-state index contributed by atoms with van der Waals surface area (Å²) in [6, 6.07) is 1.69. The summed E-state index contributed by atoms with van der Waals surface area (Å²) in [4.78, 5) is 15.2. The van der Waals surface area contributed by atoms with Crippen LogP contribution in [-0.4, -0.2) is 39.8 Å². The van der Waals surface area contributed by atoms with Crippen molar-refractivity contribution < 1.29 is 4.74 Å². The molecule has 80 valence electrons. The molecule has 2 heterocycles. The third kappa shape index (κ3) is 1.96. The van der Waals surface area contributed by atoms with E-state index in [1.807, 2.05) is 0 Å². The number of nitrogens with one attached hydrogen (secondary N) is 2. The van der Waals surface area contributed by atoms with Crippen molar-refractivity contribution in [3.05, 3.63) is 22.9 Å². The lowest BCUT2D eigenvalue weighted by Crippen LogP contribution is -2.12. The predicted molar refractivity (Wildman–Crippen MR) is 54.0 cm³/mol. The van der Waals surface area contributed by atoms with Crippen molar-refractivity contribution >= 4 is 11.5 Å². The van der Waals surface area contributed by atoms with E-state index in [4.69, 9.17) is 4.74 Å². The van der Waals surface area contributed by atoms with Crippen LogP contribution < -0.4 is 11.0 Å². The van der Waals surface area contributed by atoms with Crippen LogP contribution in [0.5, 0.6) is 0 Å². The summed E-state index contributed by atoms with van der Waals surface area (Å²) in [7, 11) is 1.63. The predicted octanol–water partition coefficient (Wildman–Crippen LogP) is -0.524. The summed E-state index contributed by atoms with van der Waals surface area (Å²) in [5, 5.41) is 9.20. The van der Waals surface area contributed by atoms with Gasteiger partial charge in [-0.15, -0.1) is 0 Å². The zero-order valence-electron chi connectivity index (χ0n) is 8.23. The van der Waals surface area contributed by atoms with E-state index in [1.165, 1.54) is 10.7 Å². The Balaban J connectivity index is 2.20. The second kappa shape index (κ2) is 4.09. The summed E-state index contributed by atoms with van der Waals surface area (Å²) >= 11 is 0. The van der Waals surface area contributed by atoms with Crippen LogP contribution in [0.2, 0.25) is 0 Å². The highest BCUT2D eigenvalue weighted by atomic mass is 16.5. The monoisotopic (exact) mass is 209 g/mol. The lowest BCUT2D eigenvalue weighted by atomic mass is 10.5. The van der Waals surface area contributed by atoms with Crippen molar-refractivity contribution in [1.29, 1.82) is 0 Å². The number of H-pyrrole nitrogens is 1. The highest BCUT2D eigenvalue weighted by Gasteiger charge is 2.01. The first-order valence-electron chi connectivity index (χ1n) is 4.47. The first kappa shape index (κ1) is 9.66. The van der Waals surface area contributed by atoms with E-state index in [2.05, 4.69) is 20.5 Å². The van der Waals surface area contributed by atoms with Crippen LogP contribution in [0, 0.1) is 0 Å². The Bertz CT molecular complexity index is 503. The van der Waals surface area contributed by atoms with E-state index in [0.29, 0.717) is 24.6 Å². The van der Waals surface area contributed by atoms with Crippen molar-refractivity contribution in [2.45, 2.75) is 0 Å². The molecule has 2 aromatic rings. The van der Waals surface area contributed by atoms with E-state index >= 15 is 0 Å². The number of ether oxygens (including phenoxy) is 1. The van der Waals surface area contributed by atoms with E-state index in [9.17, 15) is 4.79 Å². The number of nitrogens with zero attached hydrogens (tertiary/aromatic N) is 3. The summed E-state index contributed by atoms with van der Waals surface area (Å²) in [6.07, 6.45) is 1.43. The Kier molecular flexibility index (Phi) is 2.64. The van der Waals surface area contributed by atoms with Gasteiger partial charge in [-0.05, 0) is 0 Å². The van der Waals surface area contributed by atoms with Gasteiger partial charge in [-0.25, -0.2) is 19.3 Å². The fourth-order valence-corrected chi connectivity index (χ4v) is 1.19. The van der Waals surface area contributed by atoms with Gasteiger partial charge in [0.15, 0.2) is 5.65 Å². The molecular formula is C8H11N5O2. The summed E-state index contributed by atoms with van der Waals surface area (Å²) in [5.41, 5.74) is 0.246. The molecule has 0 amide bonds. The number of rotatable bonds is 4. The van der Waals surface area contributed by atoms with Crippen molar-refractivity contribution in [1.82, 2.24) is 19.6 Å². The van der Waals surface area contributed by atoms with Gasteiger partial charge in [0.25, 0.3) is 0 Å². The van der Waals surface area contributed by atoms with Crippen LogP contribution in [0.1, 0.15) is 0 Å². The molecule has 0 saturated carbocycles. The Labute approximate surface area is 85.1 Å². The Hall–Kier alpha value is -1.89. The molecule has 0 saturated heterocycles. The van der Waals surface area contributed by atoms with Gasteiger partial charge >= 0.3 is 5.69 Å². The lowest BCUT2D eigenvalue weighted by Gasteiger charge is -2.03. The van der Waals surface area contributed by atoms with Gasteiger partial charge < -0.3 is 10.1 Å². The molecule has 0 aliphatic heterocycles. The Morgan fingerprint density at radius 2 is 2.53 bits per heavy atom. The van der Waals surface area contributed by atoms with Crippen molar-refractivity contribution in [3.8, 4) is 0 Å². The fraction of sp³-hybridized carbons (Fsp3) is 0.375. The summed E-state index contributed by atoms with van der Waals surface area (Å²) in [6.45, 7) is 1.26. The minimum Gasteiger partial charge on any atom is -0.383 e. The first-order valence-corrected chi connectivity index (χ1v) is 4.47. The van der Waals surface area contributed by atoms with Crippen molar-refractivity contribution in [2.75, 3.05) is 25.6 Å². The molecular weight excluding hydrogens is 198 g/mol. The number of aromatic nitrogens is 4. The molecule has 0 bridgehead atoms. The van der Waals surface area contributed by atoms with Crippen LogP contribution in [-0.2, 0) is 4.74 Å². The van der Waals surface area contributed by atoms with Crippen LogP contribution in [0.4, 0.5) is 5.82 Å². The van der Waals surface area contributed by atoms with E-state index in [0.717, 1.165) is 0 Å². The number of fused-ring (bicyclic) bond motifs is 1. The average molecular weight is 209 g/mol. The number of hydrogen-bond acceptors (Lipinski definition) is 5. The second-order valence-corrected chi connectivity index (χ2v) is 2.95. The van der Waals surface area contributed by atoms with Crippen LogP contribution in [0.15, 0.2) is 17.2 Å². The molecule has 7 heteroatoms. The number of anilines is 1. The van der Waals surface area contributed by atoms with Crippen molar-refractivity contribution in [2.24, 2.45) is 0 Å². The maximum Gasteiger partial charge on any atom is 0.348 e. The molecule has 0 radical (unpaired) electrons. The molecule has 0 fully saturated rings.